The van der Waals surface area contributed by atoms with Crippen molar-refractivity contribution in [2.24, 2.45) is 5.73 Å². The molecule has 4 nitrogen and oxygen atoms in total. The number of hydrogen-bond acceptors (Lipinski definition) is 4. The lowest BCUT2D eigenvalue weighted by molar-refractivity contribution is 0.113. The van der Waals surface area contributed by atoms with Gasteiger partial charge in [-0.1, -0.05) is 0 Å². The van der Waals surface area contributed by atoms with Gasteiger partial charge in [-0.3, -0.25) is 0 Å². The van der Waals surface area contributed by atoms with Gasteiger partial charge in [0, 0.05) is 6.54 Å². The largest absolute Gasteiger partial charge is 0.507 e. The zero-order chi connectivity index (χ0) is 12.3. The molecule has 90 valence electrons. The van der Waals surface area contributed by atoms with E-state index >= 15 is 0 Å². The third-order valence-corrected chi connectivity index (χ3v) is 2.71. The number of benzene rings is 1. The van der Waals surface area contributed by atoms with Crippen LogP contribution >= 0.6 is 0 Å². The van der Waals surface area contributed by atoms with Crippen LogP contribution in [0.3, 0.4) is 0 Å². The summed E-state index contributed by atoms with van der Waals surface area (Å²) < 4.78 is 5.46. The molecule has 1 unspecified atom stereocenters. The summed E-state index contributed by atoms with van der Waals surface area (Å²) in [4.78, 5) is 0. The number of aryl methyl sites for hydroxylation is 1. The Morgan fingerprint density at radius 3 is 2.50 bits per heavy atom. The minimum Gasteiger partial charge on any atom is -0.507 e. The highest BCUT2D eigenvalue weighted by atomic mass is 16.5. The molecule has 0 aliphatic carbocycles. The molecule has 1 aromatic rings. The van der Waals surface area contributed by atoms with E-state index in [1.54, 1.807) is 6.07 Å². The van der Waals surface area contributed by atoms with Gasteiger partial charge in [0.25, 0.3) is 0 Å². The first-order chi connectivity index (χ1) is 7.47. The van der Waals surface area contributed by atoms with Gasteiger partial charge in [0.2, 0.25) is 0 Å². The minimum atomic E-state index is -0.659. The molecule has 4 N–H and O–H groups in total. The second-order valence-electron chi connectivity index (χ2n) is 3.99. The number of phenolic OH excluding ortho intramolecular Hbond substituents is 1. The first-order valence-corrected chi connectivity index (χ1v) is 5.28. The van der Waals surface area contributed by atoms with Crippen molar-refractivity contribution in [1.82, 2.24) is 0 Å². The zero-order valence-electron chi connectivity index (χ0n) is 9.95. The average Bonchev–Trinajstić information content (AvgIpc) is 2.28. The summed E-state index contributed by atoms with van der Waals surface area (Å²) in [5.41, 5.74) is 7.74. The average molecular weight is 225 g/mol. The van der Waals surface area contributed by atoms with Gasteiger partial charge in [0.1, 0.15) is 24.2 Å². The van der Waals surface area contributed by atoms with Gasteiger partial charge in [0.15, 0.2) is 0 Å². The number of hydrogen-bond donors (Lipinski definition) is 3. The molecule has 0 saturated heterocycles. The molecule has 0 amide bonds. The fourth-order valence-corrected chi connectivity index (χ4v) is 1.44. The number of aromatic hydroxyl groups is 1. The molecule has 0 radical (unpaired) electrons. The lowest BCUT2D eigenvalue weighted by Crippen LogP contribution is -2.26. The molecule has 0 heterocycles. The van der Waals surface area contributed by atoms with E-state index in [-0.39, 0.29) is 13.2 Å². The van der Waals surface area contributed by atoms with E-state index in [9.17, 15) is 10.2 Å². The topological polar surface area (TPSA) is 75.7 Å². The van der Waals surface area contributed by atoms with E-state index < -0.39 is 6.10 Å². The van der Waals surface area contributed by atoms with Crippen molar-refractivity contribution in [3.8, 4) is 11.5 Å². The molecule has 1 atom stereocenters. The Balaban J connectivity index is 2.89. The minimum absolute atomic E-state index is 0.168. The Morgan fingerprint density at radius 2 is 1.94 bits per heavy atom. The van der Waals surface area contributed by atoms with Crippen molar-refractivity contribution in [3.05, 3.63) is 22.8 Å². The standard InChI is InChI=1S/C12H19NO3/c1-7-4-11(16-6-10(14)5-13)8(2)9(3)12(7)15/h4,10,14-15H,5-6,13H2,1-3H3. The third-order valence-electron chi connectivity index (χ3n) is 2.71. The quantitative estimate of drug-likeness (QED) is 0.715. The van der Waals surface area contributed by atoms with E-state index in [1.807, 2.05) is 20.8 Å². The molecule has 0 spiro atoms. The maximum absolute atomic E-state index is 9.71. The molecule has 16 heavy (non-hydrogen) atoms. The second kappa shape index (κ2) is 5.18. The number of aliphatic hydroxyl groups excluding tert-OH is 1. The molecule has 0 bridgehead atoms. The van der Waals surface area contributed by atoms with Crippen LogP contribution in [0.15, 0.2) is 6.07 Å². The van der Waals surface area contributed by atoms with Crippen LogP contribution in [-0.4, -0.2) is 29.5 Å². The molecule has 0 saturated carbocycles. The molecule has 0 aliphatic rings. The zero-order valence-corrected chi connectivity index (χ0v) is 9.95. The van der Waals surface area contributed by atoms with Crippen LogP contribution in [0.1, 0.15) is 16.7 Å². The van der Waals surface area contributed by atoms with Crippen LogP contribution in [0.25, 0.3) is 0 Å². The smallest absolute Gasteiger partial charge is 0.123 e. The predicted molar refractivity (Wildman–Crippen MR) is 62.9 cm³/mol. The predicted octanol–water partition coefficient (Wildman–Crippen LogP) is 1.02. The summed E-state index contributed by atoms with van der Waals surface area (Å²) >= 11 is 0. The maximum atomic E-state index is 9.71. The number of phenols is 1. The van der Waals surface area contributed by atoms with E-state index in [1.165, 1.54) is 0 Å². The summed E-state index contributed by atoms with van der Waals surface area (Å²) in [5.74, 6) is 0.976. The Kier molecular flexibility index (Phi) is 4.15. The fraction of sp³-hybridized carbons (Fsp3) is 0.500. The Labute approximate surface area is 95.7 Å². The number of ether oxygens (including phenoxy) is 1. The van der Waals surface area contributed by atoms with Gasteiger partial charge >= 0.3 is 0 Å². The molecular weight excluding hydrogens is 206 g/mol. The number of aliphatic hydroxyl groups is 1. The van der Waals surface area contributed by atoms with E-state index in [2.05, 4.69) is 0 Å². The first kappa shape index (κ1) is 12.8. The molecule has 1 rings (SSSR count). The van der Waals surface area contributed by atoms with Crippen LogP contribution in [0, 0.1) is 20.8 Å². The van der Waals surface area contributed by atoms with Crippen LogP contribution in [-0.2, 0) is 0 Å². The van der Waals surface area contributed by atoms with Gasteiger partial charge < -0.3 is 20.7 Å². The highest BCUT2D eigenvalue weighted by molar-refractivity contribution is 5.51. The lowest BCUT2D eigenvalue weighted by Gasteiger charge is -2.15. The molecular formula is C12H19NO3. The monoisotopic (exact) mass is 225 g/mol. The van der Waals surface area contributed by atoms with Crippen molar-refractivity contribution in [3.63, 3.8) is 0 Å². The van der Waals surface area contributed by atoms with Crippen LogP contribution in [0.4, 0.5) is 0 Å². The Hall–Kier alpha value is -1.26. The Morgan fingerprint density at radius 1 is 1.31 bits per heavy atom. The molecule has 1 aromatic carbocycles. The summed E-state index contributed by atoms with van der Waals surface area (Å²) in [6.07, 6.45) is -0.659. The first-order valence-electron chi connectivity index (χ1n) is 5.28. The van der Waals surface area contributed by atoms with Gasteiger partial charge in [-0.25, -0.2) is 0 Å². The van der Waals surface area contributed by atoms with E-state index in [0.717, 1.165) is 16.7 Å². The summed E-state index contributed by atoms with van der Waals surface area (Å²) in [6, 6.07) is 1.76. The van der Waals surface area contributed by atoms with Gasteiger partial charge in [-0.05, 0) is 43.5 Å². The summed E-state index contributed by atoms with van der Waals surface area (Å²) in [7, 11) is 0. The fourth-order valence-electron chi connectivity index (χ4n) is 1.44. The maximum Gasteiger partial charge on any atom is 0.123 e. The van der Waals surface area contributed by atoms with Crippen molar-refractivity contribution in [2.75, 3.05) is 13.2 Å². The van der Waals surface area contributed by atoms with Gasteiger partial charge in [-0.2, -0.15) is 0 Å². The SMILES string of the molecule is Cc1cc(OCC(O)CN)c(C)c(C)c1O. The highest BCUT2D eigenvalue weighted by Crippen LogP contribution is 2.31. The summed E-state index contributed by atoms with van der Waals surface area (Å²) in [5, 5.41) is 19.0. The van der Waals surface area contributed by atoms with Gasteiger partial charge in [0.05, 0.1) is 0 Å². The van der Waals surface area contributed by atoms with Crippen molar-refractivity contribution < 1.29 is 14.9 Å². The normalized spacial score (nSPS) is 12.6. The second-order valence-corrected chi connectivity index (χ2v) is 3.99. The molecule has 0 aliphatic heterocycles. The summed E-state index contributed by atoms with van der Waals surface area (Å²) in [6.45, 7) is 5.87. The number of nitrogens with two attached hydrogens (primary N) is 1. The van der Waals surface area contributed by atoms with Crippen LogP contribution < -0.4 is 10.5 Å². The van der Waals surface area contributed by atoms with Gasteiger partial charge in [-0.15, -0.1) is 0 Å². The highest BCUT2D eigenvalue weighted by Gasteiger charge is 2.11. The van der Waals surface area contributed by atoms with Crippen molar-refractivity contribution >= 4 is 0 Å². The Bertz CT molecular complexity index is 377. The van der Waals surface area contributed by atoms with E-state index in [0.29, 0.717) is 11.5 Å². The number of rotatable bonds is 4. The molecule has 4 heteroatoms. The van der Waals surface area contributed by atoms with Crippen LogP contribution in [0.5, 0.6) is 11.5 Å². The third kappa shape index (κ3) is 2.65. The lowest BCUT2D eigenvalue weighted by atomic mass is 10.0. The van der Waals surface area contributed by atoms with E-state index in [4.69, 9.17) is 10.5 Å². The molecule has 0 aromatic heterocycles. The van der Waals surface area contributed by atoms with Crippen molar-refractivity contribution in [1.29, 1.82) is 0 Å². The van der Waals surface area contributed by atoms with Crippen LogP contribution in [0.2, 0.25) is 0 Å². The van der Waals surface area contributed by atoms with Crippen molar-refractivity contribution in [2.45, 2.75) is 26.9 Å². The molecule has 0 fully saturated rings.